The summed E-state index contributed by atoms with van der Waals surface area (Å²) >= 11 is 0. The first-order chi connectivity index (χ1) is 28.0. The van der Waals surface area contributed by atoms with Crippen LogP contribution in [-0.2, 0) is 33.3 Å². The summed E-state index contributed by atoms with van der Waals surface area (Å²) < 4.78 is 30.3. The average Bonchev–Trinajstić information content (AvgIpc) is 3.63. The van der Waals surface area contributed by atoms with Crippen molar-refractivity contribution in [3.05, 3.63) is 0 Å². The van der Waals surface area contributed by atoms with Gasteiger partial charge < -0.3 is 23.7 Å². The molecule has 0 amide bonds. The normalized spacial score (nSPS) is 28.8. The Morgan fingerprint density at radius 3 is 1.49 bits per heavy atom. The van der Waals surface area contributed by atoms with Crippen LogP contribution in [0.15, 0.2) is 0 Å². The van der Waals surface area contributed by atoms with Gasteiger partial charge >= 0.3 is 11.9 Å². The average molecular weight is 806 g/mol. The molecule has 0 aromatic heterocycles. The molecule has 0 aliphatic carbocycles. The van der Waals surface area contributed by atoms with Gasteiger partial charge in [-0.2, -0.15) is 0 Å². The minimum Gasteiger partial charge on any atom is -0.466 e. The fourth-order valence-corrected chi connectivity index (χ4v) is 9.29. The van der Waals surface area contributed by atoms with E-state index in [4.69, 9.17) is 23.7 Å². The third-order valence-corrected chi connectivity index (χ3v) is 13.1. The molecule has 0 bridgehead atoms. The smallest absolute Gasteiger partial charge is 0.305 e. The van der Waals surface area contributed by atoms with Crippen molar-refractivity contribution in [3.63, 3.8) is 0 Å². The van der Waals surface area contributed by atoms with Crippen LogP contribution < -0.4 is 0 Å². The van der Waals surface area contributed by atoms with Crippen molar-refractivity contribution in [1.82, 2.24) is 4.90 Å². The molecule has 3 atom stereocenters. The maximum absolute atomic E-state index is 12.5. The van der Waals surface area contributed by atoms with E-state index in [0.29, 0.717) is 44.5 Å². The van der Waals surface area contributed by atoms with E-state index in [9.17, 15) is 9.59 Å². The largest absolute Gasteiger partial charge is 0.466 e. The Bertz CT molecular complexity index is 915. The minimum atomic E-state index is -0.418. The summed E-state index contributed by atoms with van der Waals surface area (Å²) in [6, 6.07) is 0. The molecule has 57 heavy (non-hydrogen) atoms. The van der Waals surface area contributed by atoms with Gasteiger partial charge in [-0.05, 0) is 56.8 Å². The van der Waals surface area contributed by atoms with E-state index in [0.717, 1.165) is 103 Å². The number of esters is 2. The number of rotatable bonds is 9. The molecule has 1 spiro atoms. The molecule has 0 N–H and O–H groups in total. The lowest BCUT2D eigenvalue weighted by Crippen LogP contribution is -2.38. The Morgan fingerprint density at radius 1 is 0.544 bits per heavy atom. The van der Waals surface area contributed by atoms with E-state index in [-0.39, 0.29) is 18.0 Å². The van der Waals surface area contributed by atoms with E-state index in [1.807, 2.05) is 0 Å². The third-order valence-electron chi connectivity index (χ3n) is 13.1. The molecular weight excluding hydrogens is 715 g/mol. The van der Waals surface area contributed by atoms with Crippen LogP contribution in [0.5, 0.6) is 0 Å². The maximum atomic E-state index is 12.5. The molecule has 3 fully saturated rings. The molecule has 0 saturated carbocycles. The van der Waals surface area contributed by atoms with Crippen LogP contribution in [-0.4, -0.2) is 81.4 Å². The number of hydrogen-bond acceptors (Lipinski definition) is 8. The highest BCUT2D eigenvalue weighted by molar-refractivity contribution is 5.69. The topological polar surface area (TPSA) is 83.5 Å². The molecule has 8 heteroatoms. The number of carbonyl (C=O) groups excluding carboxylic acids is 2. The van der Waals surface area contributed by atoms with Crippen molar-refractivity contribution >= 4 is 11.9 Å². The number of ether oxygens (including phenoxy) is 5. The van der Waals surface area contributed by atoms with Crippen LogP contribution >= 0.6 is 0 Å². The Morgan fingerprint density at radius 2 is 1.00 bits per heavy atom. The summed E-state index contributed by atoms with van der Waals surface area (Å²) in [5.74, 6) is 0.906. The van der Waals surface area contributed by atoms with E-state index in [2.05, 4.69) is 18.7 Å². The van der Waals surface area contributed by atoms with Crippen molar-refractivity contribution in [2.45, 2.75) is 238 Å². The van der Waals surface area contributed by atoms with Crippen LogP contribution in [0.25, 0.3) is 0 Å². The van der Waals surface area contributed by atoms with Gasteiger partial charge in [0.05, 0.1) is 39.1 Å². The first-order valence-electron chi connectivity index (χ1n) is 24.9. The van der Waals surface area contributed by atoms with E-state index in [1.165, 1.54) is 128 Å². The van der Waals surface area contributed by atoms with Crippen molar-refractivity contribution in [1.29, 1.82) is 0 Å². The lowest BCUT2D eigenvalue weighted by Gasteiger charge is -2.30. The number of cyclic esters (lactones) is 2. The Kier molecular flexibility index (Phi) is 29.5. The van der Waals surface area contributed by atoms with Gasteiger partial charge in [-0.15, -0.1) is 0 Å². The molecule has 3 aliphatic rings. The fourth-order valence-electron chi connectivity index (χ4n) is 9.29. The summed E-state index contributed by atoms with van der Waals surface area (Å²) in [7, 11) is 0. The SMILES string of the molecule is CCCCC1CCCCCCC(CCCC)CCOC(=O)CCCCCCCCCC2(CCCCCCCCCC(=O)OCC1)OCC(CCN1CCOCC1)O2. The molecule has 334 valence electrons. The molecule has 3 rings (SSSR count). The first-order valence-corrected chi connectivity index (χ1v) is 24.9. The second-order valence-electron chi connectivity index (χ2n) is 18.2. The van der Waals surface area contributed by atoms with Crippen molar-refractivity contribution in [2.75, 3.05) is 52.7 Å². The maximum Gasteiger partial charge on any atom is 0.305 e. The molecular formula is C49H91NO7. The molecule has 0 aromatic rings. The molecule has 8 nitrogen and oxygen atoms in total. The monoisotopic (exact) mass is 806 g/mol. The lowest BCUT2D eigenvalue weighted by molar-refractivity contribution is -0.180. The predicted molar refractivity (Wildman–Crippen MR) is 233 cm³/mol. The zero-order chi connectivity index (χ0) is 40.5. The van der Waals surface area contributed by atoms with Gasteiger partial charge in [0.1, 0.15) is 0 Å². The zero-order valence-electron chi connectivity index (χ0n) is 37.5. The fraction of sp³-hybridized carbons (Fsp3) is 0.959. The van der Waals surface area contributed by atoms with Gasteiger partial charge in [0.2, 0.25) is 0 Å². The lowest BCUT2D eigenvalue weighted by atomic mass is 9.90. The molecule has 3 unspecified atom stereocenters. The zero-order valence-corrected chi connectivity index (χ0v) is 37.5. The summed E-state index contributed by atoms with van der Waals surface area (Å²) in [4.78, 5) is 27.6. The number of unbranched alkanes of at least 4 members (excludes halogenated alkanes) is 2. The van der Waals surface area contributed by atoms with Crippen molar-refractivity contribution < 1.29 is 33.3 Å². The molecule has 0 aromatic carbocycles. The van der Waals surface area contributed by atoms with Crippen LogP contribution in [0.2, 0.25) is 0 Å². The number of hydrogen-bond donors (Lipinski definition) is 0. The van der Waals surface area contributed by atoms with E-state index < -0.39 is 5.79 Å². The van der Waals surface area contributed by atoms with Crippen molar-refractivity contribution in [2.24, 2.45) is 11.8 Å². The summed E-state index contributed by atoms with van der Waals surface area (Å²) in [6.07, 6.45) is 37.6. The van der Waals surface area contributed by atoms with Crippen LogP contribution in [0.1, 0.15) is 226 Å². The number of nitrogens with zero attached hydrogens (tertiary/aromatic N) is 1. The van der Waals surface area contributed by atoms with Gasteiger partial charge in [0.15, 0.2) is 5.79 Å². The van der Waals surface area contributed by atoms with Gasteiger partial charge in [-0.1, -0.05) is 155 Å². The highest BCUT2D eigenvalue weighted by atomic mass is 16.7. The highest BCUT2D eigenvalue weighted by Gasteiger charge is 2.40. The van der Waals surface area contributed by atoms with Gasteiger partial charge in [-0.3, -0.25) is 14.5 Å². The summed E-state index contributed by atoms with van der Waals surface area (Å²) in [6.45, 7) is 11.2. The molecule has 3 saturated heterocycles. The van der Waals surface area contributed by atoms with Gasteiger partial charge in [0.25, 0.3) is 0 Å². The summed E-state index contributed by atoms with van der Waals surface area (Å²) in [5.41, 5.74) is 0. The Balaban J connectivity index is 1.44. The van der Waals surface area contributed by atoms with E-state index in [1.54, 1.807) is 0 Å². The molecule has 3 heterocycles. The number of morpholine rings is 1. The predicted octanol–water partition coefficient (Wildman–Crippen LogP) is 12.7. The van der Waals surface area contributed by atoms with Gasteiger partial charge in [-0.25, -0.2) is 0 Å². The van der Waals surface area contributed by atoms with Crippen LogP contribution in [0.3, 0.4) is 0 Å². The molecule has 0 radical (unpaired) electrons. The summed E-state index contributed by atoms with van der Waals surface area (Å²) in [5, 5.41) is 0. The standard InChI is InChI=1S/C49H91NO7/c1-3-5-25-44-27-19-15-16-20-28-45(26-6-4-2)33-40-55-48(52)30-22-14-10-8-12-18-24-35-49(56-43-46(57-49)31-36-50-37-41-53-42-38-50)34-23-17-11-7-9-13-21-29-47(51)54-39-32-44/h44-46H,3-43H2,1-2H3. The third kappa shape index (κ3) is 25.2. The first kappa shape index (κ1) is 50.1. The van der Waals surface area contributed by atoms with Crippen LogP contribution in [0.4, 0.5) is 0 Å². The quantitative estimate of drug-likeness (QED) is 0.213. The molecule has 3 aliphatic heterocycles. The van der Waals surface area contributed by atoms with Crippen molar-refractivity contribution in [3.8, 4) is 0 Å². The Labute approximate surface area is 351 Å². The second-order valence-corrected chi connectivity index (χ2v) is 18.2. The van der Waals surface area contributed by atoms with Crippen LogP contribution in [0, 0.1) is 11.8 Å². The highest BCUT2D eigenvalue weighted by Crippen LogP contribution is 2.36. The van der Waals surface area contributed by atoms with Gasteiger partial charge in [0, 0.05) is 45.3 Å². The van der Waals surface area contributed by atoms with E-state index >= 15 is 0 Å². The second kappa shape index (κ2) is 33.5. The Hall–Kier alpha value is -1.22. The number of carbonyl (C=O) groups is 2. The minimum absolute atomic E-state index is 0.00512.